The minimum atomic E-state index is 0.538. The fraction of sp³-hybridized carbons (Fsp3) is 0.412. The highest BCUT2D eigenvalue weighted by molar-refractivity contribution is 5.79. The molecule has 130 valence electrons. The molecule has 0 spiro atoms. The van der Waals surface area contributed by atoms with E-state index in [2.05, 4.69) is 9.97 Å². The van der Waals surface area contributed by atoms with Gasteiger partial charge in [0.15, 0.2) is 11.6 Å². The zero-order valence-corrected chi connectivity index (χ0v) is 14.5. The number of rotatable bonds is 9. The van der Waals surface area contributed by atoms with Gasteiger partial charge in [-0.05, 0) is 12.1 Å². The van der Waals surface area contributed by atoms with E-state index in [1.165, 1.54) is 6.33 Å². The molecule has 1 heterocycles. The molecule has 0 atom stereocenters. The molecular weight excluding hydrogens is 306 g/mol. The third kappa shape index (κ3) is 4.33. The lowest BCUT2D eigenvalue weighted by molar-refractivity contribution is 0.190. The van der Waals surface area contributed by atoms with Gasteiger partial charge in [-0.15, -0.1) is 0 Å². The summed E-state index contributed by atoms with van der Waals surface area (Å²) in [5, 5.41) is 0. The Balaban J connectivity index is 2.30. The topological polar surface area (TPSA) is 76.7 Å². The Kier molecular flexibility index (Phi) is 6.77. The lowest BCUT2D eigenvalue weighted by atomic mass is 10.3. The van der Waals surface area contributed by atoms with Crippen LogP contribution < -0.4 is 15.5 Å². The van der Waals surface area contributed by atoms with Gasteiger partial charge in [-0.3, -0.25) is 0 Å². The van der Waals surface area contributed by atoms with Crippen molar-refractivity contribution in [1.82, 2.24) is 9.97 Å². The van der Waals surface area contributed by atoms with Gasteiger partial charge < -0.3 is 25.0 Å². The fourth-order valence-corrected chi connectivity index (χ4v) is 2.40. The van der Waals surface area contributed by atoms with Crippen LogP contribution in [-0.4, -0.2) is 57.5 Å². The van der Waals surface area contributed by atoms with E-state index >= 15 is 0 Å². The second-order valence-electron chi connectivity index (χ2n) is 5.30. The smallest absolute Gasteiger partial charge is 0.161 e. The summed E-state index contributed by atoms with van der Waals surface area (Å²) in [5.41, 5.74) is 7.92. The number of hydrogen-bond acceptors (Lipinski definition) is 7. The summed E-state index contributed by atoms with van der Waals surface area (Å²) in [7, 11) is 5.28. The van der Waals surface area contributed by atoms with Gasteiger partial charge in [0.2, 0.25) is 0 Å². The average Bonchev–Trinajstić information content (AvgIpc) is 2.63. The van der Waals surface area contributed by atoms with Crippen molar-refractivity contribution in [3.8, 4) is 0 Å². The lowest BCUT2D eigenvalue weighted by Gasteiger charge is -2.27. The molecule has 1 aromatic carbocycles. The van der Waals surface area contributed by atoms with E-state index in [0.717, 1.165) is 5.69 Å². The summed E-state index contributed by atoms with van der Waals surface area (Å²) in [6.45, 7) is 2.51. The van der Waals surface area contributed by atoms with Crippen LogP contribution in [0.3, 0.4) is 0 Å². The number of para-hydroxylation sites is 1. The first kappa shape index (κ1) is 18.0. The van der Waals surface area contributed by atoms with Gasteiger partial charge in [0.1, 0.15) is 12.0 Å². The van der Waals surface area contributed by atoms with Gasteiger partial charge in [0, 0.05) is 40.0 Å². The highest BCUT2D eigenvalue weighted by Crippen LogP contribution is 2.32. The molecule has 1 aromatic heterocycles. The SMILES string of the molecule is COCCN(CCOC)c1ncnc(N(C)c2ccccc2)c1N. The van der Waals surface area contributed by atoms with Crippen LogP contribution in [-0.2, 0) is 9.47 Å². The van der Waals surface area contributed by atoms with Gasteiger partial charge >= 0.3 is 0 Å². The van der Waals surface area contributed by atoms with Gasteiger partial charge in [0.25, 0.3) is 0 Å². The van der Waals surface area contributed by atoms with E-state index in [1.54, 1.807) is 14.2 Å². The van der Waals surface area contributed by atoms with Crippen LogP contribution in [0, 0.1) is 0 Å². The second kappa shape index (κ2) is 9.05. The molecule has 0 aliphatic rings. The molecule has 2 N–H and O–H groups in total. The predicted octanol–water partition coefficient (Wildman–Crippen LogP) is 1.93. The minimum absolute atomic E-state index is 0.538. The number of hydrogen-bond donors (Lipinski definition) is 1. The molecule has 0 bridgehead atoms. The monoisotopic (exact) mass is 331 g/mol. The molecule has 0 fully saturated rings. The van der Waals surface area contributed by atoms with E-state index in [1.807, 2.05) is 47.2 Å². The first-order valence-corrected chi connectivity index (χ1v) is 7.81. The van der Waals surface area contributed by atoms with Crippen LogP contribution in [0.5, 0.6) is 0 Å². The first-order valence-electron chi connectivity index (χ1n) is 7.81. The standard InChI is InChI=1S/C17H25N5O2/c1-21(14-7-5-4-6-8-14)16-15(18)17(20-13-19-16)22(9-11-23-2)10-12-24-3/h4-8,13H,9-12,18H2,1-3H3. The van der Waals surface area contributed by atoms with Crippen molar-refractivity contribution in [1.29, 1.82) is 0 Å². The summed E-state index contributed by atoms with van der Waals surface area (Å²) in [6.07, 6.45) is 1.53. The van der Waals surface area contributed by atoms with Crippen molar-refractivity contribution in [2.45, 2.75) is 0 Å². The van der Waals surface area contributed by atoms with Crippen molar-refractivity contribution in [2.75, 3.05) is 63.1 Å². The largest absolute Gasteiger partial charge is 0.393 e. The summed E-state index contributed by atoms with van der Waals surface area (Å²) in [4.78, 5) is 12.7. The van der Waals surface area contributed by atoms with Gasteiger partial charge in [-0.2, -0.15) is 0 Å². The van der Waals surface area contributed by atoms with Crippen LogP contribution in [0.15, 0.2) is 36.7 Å². The molecule has 0 unspecified atom stereocenters. The summed E-state index contributed by atoms with van der Waals surface area (Å²) in [6, 6.07) is 9.95. The third-order valence-electron chi connectivity index (χ3n) is 3.73. The van der Waals surface area contributed by atoms with Crippen molar-refractivity contribution in [3.05, 3.63) is 36.7 Å². The Morgan fingerprint density at radius 3 is 2.12 bits per heavy atom. The van der Waals surface area contributed by atoms with Gasteiger partial charge in [-0.1, -0.05) is 18.2 Å². The van der Waals surface area contributed by atoms with E-state index in [-0.39, 0.29) is 0 Å². The Hall–Kier alpha value is -2.38. The second-order valence-corrected chi connectivity index (χ2v) is 5.30. The summed E-state index contributed by atoms with van der Waals surface area (Å²) in [5.74, 6) is 1.36. The quantitative estimate of drug-likeness (QED) is 0.752. The minimum Gasteiger partial charge on any atom is -0.393 e. The zero-order chi connectivity index (χ0) is 17.4. The van der Waals surface area contributed by atoms with Crippen LogP contribution in [0.1, 0.15) is 0 Å². The van der Waals surface area contributed by atoms with Gasteiger partial charge in [0.05, 0.1) is 13.2 Å². The van der Waals surface area contributed by atoms with E-state index < -0.39 is 0 Å². The molecule has 24 heavy (non-hydrogen) atoms. The predicted molar refractivity (Wildman–Crippen MR) is 96.9 cm³/mol. The maximum absolute atomic E-state index is 6.38. The summed E-state index contributed by atoms with van der Waals surface area (Å²) >= 11 is 0. The van der Waals surface area contributed by atoms with Crippen molar-refractivity contribution >= 4 is 23.0 Å². The number of benzene rings is 1. The molecule has 0 aliphatic carbocycles. The third-order valence-corrected chi connectivity index (χ3v) is 3.73. The number of methoxy groups -OCH3 is 2. The van der Waals surface area contributed by atoms with E-state index in [9.17, 15) is 0 Å². The fourth-order valence-electron chi connectivity index (χ4n) is 2.40. The van der Waals surface area contributed by atoms with Gasteiger partial charge in [-0.25, -0.2) is 9.97 Å². The van der Waals surface area contributed by atoms with Crippen molar-refractivity contribution in [2.24, 2.45) is 0 Å². The molecule has 2 aromatic rings. The highest BCUT2D eigenvalue weighted by atomic mass is 16.5. The molecule has 0 saturated carbocycles. The van der Waals surface area contributed by atoms with Crippen molar-refractivity contribution in [3.63, 3.8) is 0 Å². The normalized spacial score (nSPS) is 10.6. The molecule has 0 saturated heterocycles. The van der Waals surface area contributed by atoms with Crippen LogP contribution in [0.4, 0.5) is 23.0 Å². The highest BCUT2D eigenvalue weighted by Gasteiger charge is 2.18. The Morgan fingerprint density at radius 1 is 0.958 bits per heavy atom. The van der Waals surface area contributed by atoms with Crippen molar-refractivity contribution < 1.29 is 9.47 Å². The zero-order valence-electron chi connectivity index (χ0n) is 14.5. The molecule has 0 radical (unpaired) electrons. The maximum Gasteiger partial charge on any atom is 0.161 e. The summed E-state index contributed by atoms with van der Waals surface area (Å²) < 4.78 is 10.4. The van der Waals surface area contributed by atoms with E-state index in [0.29, 0.717) is 43.6 Å². The average molecular weight is 331 g/mol. The lowest BCUT2D eigenvalue weighted by Crippen LogP contribution is -2.32. The Morgan fingerprint density at radius 2 is 1.54 bits per heavy atom. The van der Waals surface area contributed by atoms with Crippen LogP contribution in [0.2, 0.25) is 0 Å². The molecule has 0 amide bonds. The van der Waals surface area contributed by atoms with E-state index in [4.69, 9.17) is 15.2 Å². The van der Waals surface area contributed by atoms with Crippen LogP contribution in [0.25, 0.3) is 0 Å². The Labute approximate surface area is 143 Å². The number of ether oxygens (including phenoxy) is 2. The number of nitrogens with two attached hydrogens (primary N) is 1. The maximum atomic E-state index is 6.38. The van der Waals surface area contributed by atoms with Crippen LogP contribution >= 0.6 is 0 Å². The molecule has 0 aliphatic heterocycles. The first-order chi connectivity index (χ1) is 11.7. The Bertz CT molecular complexity index is 616. The number of nitrogens with zero attached hydrogens (tertiary/aromatic N) is 4. The molecular formula is C17H25N5O2. The molecule has 7 nitrogen and oxygen atoms in total. The number of aromatic nitrogens is 2. The number of nitrogen functional groups attached to an aromatic ring is 1. The molecule has 7 heteroatoms. The number of anilines is 4. The molecule has 2 rings (SSSR count).